The van der Waals surface area contributed by atoms with Crippen LogP contribution in [0.5, 0.6) is 0 Å². The van der Waals surface area contributed by atoms with Crippen LogP contribution in [0.1, 0.15) is 26.7 Å². The van der Waals surface area contributed by atoms with Crippen molar-refractivity contribution in [2.75, 3.05) is 13.2 Å². The molecule has 1 fully saturated rings. The Hall–Kier alpha value is -0.0800. The van der Waals surface area contributed by atoms with E-state index in [0.717, 1.165) is 26.1 Å². The van der Waals surface area contributed by atoms with Crippen molar-refractivity contribution in [3.63, 3.8) is 0 Å². The van der Waals surface area contributed by atoms with Crippen LogP contribution in [0.2, 0.25) is 0 Å². The van der Waals surface area contributed by atoms with Crippen molar-refractivity contribution < 1.29 is 9.84 Å². The highest BCUT2D eigenvalue weighted by molar-refractivity contribution is 4.78. The smallest absolute Gasteiger partial charge is 0.0621 e. The highest BCUT2D eigenvalue weighted by atomic mass is 16.5. The molecule has 10 heavy (non-hydrogen) atoms. The SMILES string of the molecule is CC(C)(O)C1CCOCC1. The zero-order valence-corrected chi connectivity index (χ0v) is 6.76. The van der Waals surface area contributed by atoms with E-state index in [1.165, 1.54) is 0 Å². The molecule has 1 aliphatic heterocycles. The Balaban J connectivity index is 2.39. The molecule has 1 saturated heterocycles. The van der Waals surface area contributed by atoms with Gasteiger partial charge < -0.3 is 9.84 Å². The Morgan fingerprint density at radius 1 is 1.30 bits per heavy atom. The summed E-state index contributed by atoms with van der Waals surface area (Å²) in [6.07, 6.45) is 2.01. The van der Waals surface area contributed by atoms with Crippen molar-refractivity contribution in [2.24, 2.45) is 5.92 Å². The first-order valence-corrected chi connectivity index (χ1v) is 3.91. The van der Waals surface area contributed by atoms with E-state index in [0.29, 0.717) is 5.92 Å². The molecule has 2 heteroatoms. The first-order valence-electron chi connectivity index (χ1n) is 3.91. The molecule has 0 aromatic rings. The Bertz CT molecular complexity index is 98.3. The van der Waals surface area contributed by atoms with Crippen molar-refractivity contribution in [1.82, 2.24) is 0 Å². The van der Waals surface area contributed by atoms with Crippen molar-refractivity contribution in [1.29, 1.82) is 0 Å². The molecular formula is C8H16O2. The number of hydrogen-bond acceptors (Lipinski definition) is 2. The third-order valence-electron chi connectivity index (χ3n) is 2.22. The lowest BCUT2D eigenvalue weighted by molar-refractivity contribution is -0.0415. The fourth-order valence-corrected chi connectivity index (χ4v) is 1.40. The Labute approximate surface area is 62.2 Å². The Kier molecular flexibility index (Phi) is 2.32. The summed E-state index contributed by atoms with van der Waals surface area (Å²) in [7, 11) is 0. The van der Waals surface area contributed by atoms with E-state index in [1.54, 1.807) is 0 Å². The summed E-state index contributed by atoms with van der Waals surface area (Å²) in [5.74, 6) is 0.432. The number of rotatable bonds is 1. The van der Waals surface area contributed by atoms with Gasteiger partial charge in [0.15, 0.2) is 0 Å². The van der Waals surface area contributed by atoms with Gasteiger partial charge in [-0.25, -0.2) is 0 Å². The first kappa shape index (κ1) is 8.02. The van der Waals surface area contributed by atoms with Crippen LogP contribution in [0.4, 0.5) is 0 Å². The van der Waals surface area contributed by atoms with Crippen molar-refractivity contribution in [3.8, 4) is 0 Å². The molecular weight excluding hydrogens is 128 g/mol. The molecule has 0 aromatic carbocycles. The zero-order chi connectivity index (χ0) is 7.61. The molecule has 0 atom stereocenters. The van der Waals surface area contributed by atoms with Crippen molar-refractivity contribution in [2.45, 2.75) is 32.3 Å². The first-order chi connectivity index (χ1) is 4.61. The van der Waals surface area contributed by atoms with Gasteiger partial charge in [0.05, 0.1) is 5.60 Å². The molecule has 0 unspecified atom stereocenters. The molecule has 1 heterocycles. The maximum absolute atomic E-state index is 9.59. The monoisotopic (exact) mass is 144 g/mol. The number of hydrogen-bond donors (Lipinski definition) is 1. The Morgan fingerprint density at radius 2 is 1.80 bits per heavy atom. The van der Waals surface area contributed by atoms with Gasteiger partial charge in [-0.1, -0.05) is 0 Å². The van der Waals surface area contributed by atoms with Crippen LogP contribution in [0.15, 0.2) is 0 Å². The van der Waals surface area contributed by atoms with Crippen molar-refractivity contribution in [3.05, 3.63) is 0 Å². The van der Waals surface area contributed by atoms with Gasteiger partial charge in [-0.05, 0) is 32.6 Å². The van der Waals surface area contributed by atoms with E-state index in [1.807, 2.05) is 13.8 Å². The second kappa shape index (κ2) is 2.89. The van der Waals surface area contributed by atoms with Gasteiger partial charge in [-0.3, -0.25) is 0 Å². The van der Waals surface area contributed by atoms with Crippen LogP contribution in [0.25, 0.3) is 0 Å². The van der Waals surface area contributed by atoms with Gasteiger partial charge in [0.25, 0.3) is 0 Å². The average molecular weight is 144 g/mol. The average Bonchev–Trinajstić information content (AvgIpc) is 1.88. The lowest BCUT2D eigenvalue weighted by atomic mass is 9.85. The number of ether oxygens (including phenoxy) is 1. The quantitative estimate of drug-likeness (QED) is 0.599. The fraction of sp³-hybridized carbons (Fsp3) is 1.00. The fourth-order valence-electron chi connectivity index (χ4n) is 1.40. The molecule has 1 rings (SSSR count). The third kappa shape index (κ3) is 1.96. The molecule has 0 aliphatic carbocycles. The van der Waals surface area contributed by atoms with E-state index in [-0.39, 0.29) is 0 Å². The minimum Gasteiger partial charge on any atom is -0.390 e. The lowest BCUT2D eigenvalue weighted by Gasteiger charge is -2.32. The van der Waals surface area contributed by atoms with Crippen molar-refractivity contribution >= 4 is 0 Å². The molecule has 1 aliphatic rings. The summed E-state index contributed by atoms with van der Waals surface area (Å²) in [6.45, 7) is 5.38. The van der Waals surface area contributed by atoms with E-state index >= 15 is 0 Å². The molecule has 2 nitrogen and oxygen atoms in total. The zero-order valence-electron chi connectivity index (χ0n) is 6.76. The van der Waals surface area contributed by atoms with Gasteiger partial charge in [-0.15, -0.1) is 0 Å². The summed E-state index contributed by atoms with van der Waals surface area (Å²) in [4.78, 5) is 0. The summed E-state index contributed by atoms with van der Waals surface area (Å²) in [6, 6.07) is 0. The van der Waals surface area contributed by atoms with Gasteiger partial charge in [0.1, 0.15) is 0 Å². The largest absolute Gasteiger partial charge is 0.390 e. The minimum absolute atomic E-state index is 0.432. The standard InChI is InChI=1S/C8H16O2/c1-8(2,9)7-3-5-10-6-4-7/h7,9H,3-6H2,1-2H3. The number of aliphatic hydroxyl groups is 1. The molecule has 1 N–H and O–H groups in total. The predicted molar refractivity (Wildman–Crippen MR) is 39.8 cm³/mol. The lowest BCUT2D eigenvalue weighted by Crippen LogP contribution is -2.35. The highest BCUT2D eigenvalue weighted by Gasteiger charge is 2.27. The summed E-state index contributed by atoms with van der Waals surface area (Å²) < 4.78 is 5.18. The molecule has 0 bridgehead atoms. The van der Waals surface area contributed by atoms with Crippen LogP contribution in [-0.4, -0.2) is 23.9 Å². The van der Waals surface area contributed by atoms with Gasteiger partial charge in [-0.2, -0.15) is 0 Å². The van der Waals surface area contributed by atoms with E-state index < -0.39 is 5.60 Å². The second-order valence-corrected chi connectivity index (χ2v) is 3.54. The topological polar surface area (TPSA) is 29.5 Å². The van der Waals surface area contributed by atoms with Gasteiger partial charge in [0.2, 0.25) is 0 Å². The maximum atomic E-state index is 9.59. The third-order valence-corrected chi connectivity index (χ3v) is 2.22. The second-order valence-electron chi connectivity index (χ2n) is 3.54. The minimum atomic E-state index is -0.510. The van der Waals surface area contributed by atoms with E-state index in [9.17, 15) is 5.11 Å². The maximum Gasteiger partial charge on any atom is 0.0621 e. The summed E-state index contributed by atoms with van der Waals surface area (Å²) >= 11 is 0. The molecule has 0 spiro atoms. The van der Waals surface area contributed by atoms with Crippen LogP contribution in [-0.2, 0) is 4.74 Å². The van der Waals surface area contributed by atoms with Crippen LogP contribution in [0.3, 0.4) is 0 Å². The van der Waals surface area contributed by atoms with Gasteiger partial charge in [0, 0.05) is 13.2 Å². The molecule has 0 amide bonds. The predicted octanol–water partition coefficient (Wildman–Crippen LogP) is 1.18. The Morgan fingerprint density at radius 3 is 2.10 bits per heavy atom. The molecule has 0 aromatic heterocycles. The normalized spacial score (nSPS) is 23.1. The van der Waals surface area contributed by atoms with E-state index in [2.05, 4.69) is 0 Å². The molecule has 0 saturated carbocycles. The van der Waals surface area contributed by atoms with Crippen LogP contribution >= 0.6 is 0 Å². The van der Waals surface area contributed by atoms with Crippen LogP contribution in [0, 0.1) is 5.92 Å². The molecule has 60 valence electrons. The highest BCUT2D eigenvalue weighted by Crippen LogP contribution is 2.26. The molecule has 0 radical (unpaired) electrons. The van der Waals surface area contributed by atoms with Crippen LogP contribution < -0.4 is 0 Å². The summed E-state index contributed by atoms with van der Waals surface area (Å²) in [5, 5.41) is 9.59. The van der Waals surface area contributed by atoms with E-state index in [4.69, 9.17) is 4.74 Å². The van der Waals surface area contributed by atoms with Gasteiger partial charge >= 0.3 is 0 Å². The summed E-state index contributed by atoms with van der Waals surface area (Å²) in [5.41, 5.74) is -0.510.